The maximum Gasteiger partial charge on any atom is 0.225 e. The Kier molecular flexibility index (Phi) is 4.84. The fourth-order valence-corrected chi connectivity index (χ4v) is 4.38. The number of hydrogen-bond acceptors (Lipinski definition) is 3. The van der Waals surface area contributed by atoms with Crippen LogP contribution >= 0.6 is 11.6 Å². The molecule has 2 aromatic heterocycles. The highest BCUT2D eigenvalue weighted by Crippen LogP contribution is 2.40. The fraction of sp³-hybridized carbons (Fsp3) is 0.348. The van der Waals surface area contributed by atoms with Gasteiger partial charge in [0, 0.05) is 59.2 Å². The molecular formula is C23H23ClN4O. The van der Waals surface area contributed by atoms with Gasteiger partial charge >= 0.3 is 0 Å². The molecule has 1 saturated carbocycles. The third kappa shape index (κ3) is 3.67. The zero-order chi connectivity index (χ0) is 19.8. The number of aromatic amines is 1. The zero-order valence-corrected chi connectivity index (χ0v) is 16.9. The standard InChI is InChI=1S/C23H23ClN4O/c24-19-5-3-16(4-6-19)21-20(15-7-11-25-12-8-15)22(27-26-21)17-9-13-28(14-10-17)23(29)18-1-2-18/h3-8,11-12,17-18H,1-2,9-10,13-14H2,(H,26,27). The number of likely N-dealkylation sites (tertiary alicyclic amines) is 1. The second-order valence-corrected chi connectivity index (χ2v) is 8.41. The quantitative estimate of drug-likeness (QED) is 0.669. The Labute approximate surface area is 175 Å². The van der Waals surface area contributed by atoms with E-state index >= 15 is 0 Å². The summed E-state index contributed by atoms with van der Waals surface area (Å²) in [5.41, 5.74) is 5.34. The normalized spacial score (nSPS) is 17.5. The summed E-state index contributed by atoms with van der Waals surface area (Å²) in [7, 11) is 0. The van der Waals surface area contributed by atoms with E-state index in [0.29, 0.717) is 22.8 Å². The van der Waals surface area contributed by atoms with Gasteiger partial charge in [0.1, 0.15) is 5.69 Å². The smallest absolute Gasteiger partial charge is 0.225 e. The van der Waals surface area contributed by atoms with Crippen LogP contribution in [0.1, 0.15) is 37.3 Å². The van der Waals surface area contributed by atoms with Gasteiger partial charge in [-0.05, 0) is 55.5 Å². The lowest BCUT2D eigenvalue weighted by Gasteiger charge is -2.32. The van der Waals surface area contributed by atoms with Gasteiger partial charge in [-0.25, -0.2) is 0 Å². The summed E-state index contributed by atoms with van der Waals surface area (Å²) in [6, 6.07) is 11.8. The Balaban J connectivity index is 1.47. The number of nitrogens with zero attached hydrogens (tertiary/aromatic N) is 3. The van der Waals surface area contributed by atoms with Crippen LogP contribution in [0.25, 0.3) is 22.4 Å². The minimum atomic E-state index is 0.294. The van der Waals surface area contributed by atoms with Crippen molar-refractivity contribution in [1.29, 1.82) is 0 Å². The van der Waals surface area contributed by atoms with Gasteiger partial charge in [0.2, 0.25) is 5.91 Å². The lowest BCUT2D eigenvalue weighted by Crippen LogP contribution is -2.38. The molecule has 0 spiro atoms. The van der Waals surface area contributed by atoms with Crippen molar-refractivity contribution >= 4 is 17.5 Å². The van der Waals surface area contributed by atoms with E-state index in [1.54, 1.807) is 0 Å². The van der Waals surface area contributed by atoms with E-state index in [2.05, 4.69) is 15.0 Å². The third-order valence-corrected chi connectivity index (χ3v) is 6.27. The highest BCUT2D eigenvalue weighted by atomic mass is 35.5. The van der Waals surface area contributed by atoms with E-state index < -0.39 is 0 Å². The molecule has 1 aliphatic carbocycles. The van der Waals surface area contributed by atoms with Crippen LogP contribution in [0.5, 0.6) is 0 Å². The highest BCUT2D eigenvalue weighted by molar-refractivity contribution is 6.30. The molecule has 3 aromatic rings. The van der Waals surface area contributed by atoms with E-state index in [-0.39, 0.29) is 0 Å². The van der Waals surface area contributed by atoms with Crippen molar-refractivity contribution in [3.63, 3.8) is 0 Å². The summed E-state index contributed by atoms with van der Waals surface area (Å²) in [6.45, 7) is 1.65. The molecule has 1 aromatic carbocycles. The van der Waals surface area contributed by atoms with Gasteiger partial charge in [-0.1, -0.05) is 23.7 Å². The van der Waals surface area contributed by atoms with Crippen molar-refractivity contribution in [2.75, 3.05) is 13.1 Å². The first kappa shape index (κ1) is 18.4. The number of nitrogens with one attached hydrogen (secondary N) is 1. The molecule has 0 bridgehead atoms. The second-order valence-electron chi connectivity index (χ2n) is 7.98. The molecule has 3 heterocycles. The van der Waals surface area contributed by atoms with Crippen LogP contribution in [0.2, 0.25) is 5.02 Å². The predicted octanol–water partition coefficient (Wildman–Crippen LogP) is 4.91. The molecule has 2 aliphatic rings. The first-order valence-electron chi connectivity index (χ1n) is 10.2. The molecule has 5 rings (SSSR count). The van der Waals surface area contributed by atoms with Crippen LogP contribution in [0.15, 0.2) is 48.8 Å². The molecule has 1 aliphatic heterocycles. The Morgan fingerprint density at radius 3 is 2.31 bits per heavy atom. The maximum absolute atomic E-state index is 12.4. The predicted molar refractivity (Wildman–Crippen MR) is 114 cm³/mol. The third-order valence-electron chi connectivity index (χ3n) is 6.02. The van der Waals surface area contributed by atoms with Gasteiger partial charge in [-0.3, -0.25) is 14.9 Å². The molecule has 6 heteroatoms. The van der Waals surface area contributed by atoms with Crippen molar-refractivity contribution in [2.45, 2.75) is 31.6 Å². The number of amides is 1. The molecule has 0 unspecified atom stereocenters. The summed E-state index contributed by atoms with van der Waals surface area (Å²) in [5, 5.41) is 8.73. The molecule has 5 nitrogen and oxygen atoms in total. The topological polar surface area (TPSA) is 61.9 Å². The average Bonchev–Trinajstić information content (AvgIpc) is 3.53. The van der Waals surface area contributed by atoms with Gasteiger partial charge in [0.05, 0.1) is 0 Å². The monoisotopic (exact) mass is 406 g/mol. The van der Waals surface area contributed by atoms with E-state index in [0.717, 1.165) is 66.9 Å². The van der Waals surface area contributed by atoms with Crippen molar-refractivity contribution < 1.29 is 4.79 Å². The molecule has 0 radical (unpaired) electrons. The first-order valence-corrected chi connectivity index (χ1v) is 10.6. The molecule has 148 valence electrons. The number of pyridine rings is 1. The number of piperidine rings is 1. The summed E-state index contributed by atoms with van der Waals surface area (Å²) in [5.74, 6) is 1.00. The Bertz CT molecular complexity index is 1000. The highest BCUT2D eigenvalue weighted by Gasteiger charge is 2.36. The minimum Gasteiger partial charge on any atom is -0.342 e. The summed E-state index contributed by atoms with van der Waals surface area (Å²) >= 11 is 6.08. The van der Waals surface area contributed by atoms with Gasteiger partial charge < -0.3 is 4.90 Å². The van der Waals surface area contributed by atoms with Crippen LogP contribution in [0, 0.1) is 5.92 Å². The van der Waals surface area contributed by atoms with E-state index in [9.17, 15) is 4.79 Å². The fourth-order valence-electron chi connectivity index (χ4n) is 4.26. The lowest BCUT2D eigenvalue weighted by molar-refractivity contribution is -0.133. The first-order chi connectivity index (χ1) is 14.2. The Morgan fingerprint density at radius 2 is 1.66 bits per heavy atom. The summed E-state index contributed by atoms with van der Waals surface area (Å²) in [4.78, 5) is 18.6. The maximum atomic E-state index is 12.4. The zero-order valence-electron chi connectivity index (χ0n) is 16.1. The summed E-state index contributed by atoms with van der Waals surface area (Å²) in [6.07, 6.45) is 7.67. The van der Waals surface area contributed by atoms with Crippen molar-refractivity contribution in [3.05, 3.63) is 59.5 Å². The molecular weight excluding hydrogens is 384 g/mol. The molecule has 29 heavy (non-hydrogen) atoms. The van der Waals surface area contributed by atoms with Crippen molar-refractivity contribution in [2.24, 2.45) is 5.92 Å². The number of benzene rings is 1. The molecule has 1 N–H and O–H groups in total. The number of H-pyrrole nitrogens is 1. The summed E-state index contributed by atoms with van der Waals surface area (Å²) < 4.78 is 0. The van der Waals surface area contributed by atoms with Gasteiger partial charge in [0.15, 0.2) is 0 Å². The molecule has 0 atom stereocenters. The van der Waals surface area contributed by atoms with E-state index in [1.165, 1.54) is 0 Å². The van der Waals surface area contributed by atoms with E-state index in [4.69, 9.17) is 16.7 Å². The van der Waals surface area contributed by atoms with Crippen molar-refractivity contribution in [3.8, 4) is 22.4 Å². The van der Waals surface area contributed by atoms with Crippen LogP contribution < -0.4 is 0 Å². The number of aromatic nitrogens is 3. The molecule has 2 fully saturated rings. The molecule has 1 amide bonds. The van der Waals surface area contributed by atoms with Crippen LogP contribution in [0.4, 0.5) is 0 Å². The van der Waals surface area contributed by atoms with Gasteiger partial charge in [0.25, 0.3) is 0 Å². The van der Waals surface area contributed by atoms with E-state index in [1.807, 2.05) is 48.8 Å². The van der Waals surface area contributed by atoms with Gasteiger partial charge in [-0.2, -0.15) is 5.10 Å². The lowest BCUT2D eigenvalue weighted by atomic mass is 9.87. The van der Waals surface area contributed by atoms with Crippen LogP contribution in [-0.4, -0.2) is 39.1 Å². The minimum absolute atomic E-state index is 0.294. The Morgan fingerprint density at radius 1 is 0.966 bits per heavy atom. The van der Waals surface area contributed by atoms with Crippen LogP contribution in [-0.2, 0) is 4.79 Å². The van der Waals surface area contributed by atoms with Gasteiger partial charge in [-0.15, -0.1) is 0 Å². The van der Waals surface area contributed by atoms with Crippen LogP contribution in [0.3, 0.4) is 0 Å². The second kappa shape index (κ2) is 7.64. The SMILES string of the molecule is O=C(C1CC1)N1CCC(c2[nH]nc(-c3ccc(Cl)cc3)c2-c2ccncc2)CC1. The average molecular weight is 407 g/mol. The number of hydrogen-bond donors (Lipinski definition) is 1. The number of carbonyl (C=O) groups is 1. The molecule has 1 saturated heterocycles. The number of carbonyl (C=O) groups excluding carboxylic acids is 1. The van der Waals surface area contributed by atoms with Crippen molar-refractivity contribution in [1.82, 2.24) is 20.1 Å². The number of halogens is 1. The largest absolute Gasteiger partial charge is 0.342 e. The Hall–Kier alpha value is -2.66. The number of rotatable bonds is 4.